The highest BCUT2D eigenvalue weighted by Gasteiger charge is 2.20. The Hall–Kier alpha value is -1.02. The first kappa shape index (κ1) is 11.5. The minimum Gasteiger partial charge on any atom is -0.398 e. The zero-order valence-corrected chi connectivity index (χ0v) is 10.2. The molecule has 0 spiro atoms. The first-order chi connectivity index (χ1) is 7.79. The summed E-state index contributed by atoms with van der Waals surface area (Å²) in [4.78, 5) is 2.51. The molecule has 0 aromatic heterocycles. The van der Waals surface area contributed by atoms with Gasteiger partial charge in [-0.1, -0.05) is 31.5 Å². The number of nitrogen functional groups attached to an aromatic ring is 1. The molecule has 1 aliphatic rings. The largest absolute Gasteiger partial charge is 0.398 e. The van der Waals surface area contributed by atoms with E-state index in [-0.39, 0.29) is 0 Å². The summed E-state index contributed by atoms with van der Waals surface area (Å²) < 4.78 is 0. The van der Waals surface area contributed by atoms with E-state index in [0.29, 0.717) is 0 Å². The molecule has 1 aromatic carbocycles. The fourth-order valence-corrected chi connectivity index (χ4v) is 2.27. The normalized spacial score (nSPS) is 16.4. The molecule has 1 aliphatic carbocycles. The van der Waals surface area contributed by atoms with Crippen molar-refractivity contribution in [2.24, 2.45) is 5.92 Å². The molecule has 1 fully saturated rings. The predicted octanol–water partition coefficient (Wildman–Crippen LogP) is 2.89. The summed E-state index contributed by atoms with van der Waals surface area (Å²) in [6.07, 6.45) is 4.26. The van der Waals surface area contributed by atoms with Crippen molar-refractivity contribution in [3.05, 3.63) is 29.8 Å². The van der Waals surface area contributed by atoms with E-state index in [2.05, 4.69) is 24.0 Å². The second-order valence-corrected chi connectivity index (χ2v) is 4.82. The van der Waals surface area contributed by atoms with Gasteiger partial charge in [0.05, 0.1) is 0 Å². The van der Waals surface area contributed by atoms with Gasteiger partial charge in [-0.2, -0.15) is 0 Å². The molecule has 0 bridgehead atoms. The highest BCUT2D eigenvalue weighted by molar-refractivity contribution is 5.46. The van der Waals surface area contributed by atoms with Crippen LogP contribution in [-0.4, -0.2) is 18.0 Å². The molecule has 0 aliphatic heterocycles. The number of hydrogen-bond acceptors (Lipinski definition) is 2. The molecule has 88 valence electrons. The van der Waals surface area contributed by atoms with E-state index < -0.39 is 0 Å². The topological polar surface area (TPSA) is 29.3 Å². The van der Waals surface area contributed by atoms with Crippen molar-refractivity contribution in [2.45, 2.75) is 32.7 Å². The number of nitrogens with two attached hydrogens (primary N) is 1. The van der Waals surface area contributed by atoms with Crippen LogP contribution in [0.25, 0.3) is 0 Å². The summed E-state index contributed by atoms with van der Waals surface area (Å²) in [5.74, 6) is 0.935. The maximum atomic E-state index is 5.97. The molecule has 0 radical (unpaired) electrons. The molecular weight excluding hydrogens is 196 g/mol. The molecule has 2 heteroatoms. The molecule has 2 nitrogen and oxygen atoms in total. The lowest BCUT2D eigenvalue weighted by Gasteiger charge is -2.32. The highest BCUT2D eigenvalue weighted by atomic mass is 15.1. The first-order valence-electron chi connectivity index (χ1n) is 6.35. The third kappa shape index (κ3) is 2.76. The third-order valence-corrected chi connectivity index (χ3v) is 3.64. The molecule has 16 heavy (non-hydrogen) atoms. The second kappa shape index (κ2) is 5.35. The number of rotatable bonds is 5. The van der Waals surface area contributed by atoms with Crippen LogP contribution < -0.4 is 5.73 Å². The van der Waals surface area contributed by atoms with Gasteiger partial charge in [0, 0.05) is 18.8 Å². The number of hydrogen-bond donors (Lipinski definition) is 1. The van der Waals surface area contributed by atoms with Gasteiger partial charge in [-0.25, -0.2) is 0 Å². The maximum absolute atomic E-state index is 5.97. The van der Waals surface area contributed by atoms with Crippen LogP contribution >= 0.6 is 0 Å². The fourth-order valence-electron chi connectivity index (χ4n) is 2.27. The van der Waals surface area contributed by atoms with Crippen molar-refractivity contribution in [3.63, 3.8) is 0 Å². The van der Waals surface area contributed by atoms with Gasteiger partial charge in [-0.15, -0.1) is 0 Å². The summed E-state index contributed by atoms with van der Waals surface area (Å²) in [5, 5.41) is 0. The van der Waals surface area contributed by atoms with Gasteiger partial charge in [0.25, 0.3) is 0 Å². The molecule has 2 N–H and O–H groups in total. The molecule has 0 amide bonds. The van der Waals surface area contributed by atoms with Crippen LogP contribution in [0.15, 0.2) is 24.3 Å². The Kier molecular flexibility index (Phi) is 3.83. The minimum absolute atomic E-state index is 0.926. The molecule has 1 saturated carbocycles. The van der Waals surface area contributed by atoms with Crippen LogP contribution in [0.5, 0.6) is 0 Å². The lowest BCUT2D eigenvalue weighted by Crippen LogP contribution is -2.32. The van der Waals surface area contributed by atoms with Gasteiger partial charge in [0.15, 0.2) is 0 Å². The molecule has 2 rings (SSSR count). The number of benzene rings is 1. The monoisotopic (exact) mass is 218 g/mol. The summed E-state index contributed by atoms with van der Waals surface area (Å²) >= 11 is 0. The van der Waals surface area contributed by atoms with Crippen LogP contribution in [-0.2, 0) is 6.54 Å². The van der Waals surface area contributed by atoms with Gasteiger partial charge in [0.1, 0.15) is 0 Å². The zero-order chi connectivity index (χ0) is 11.4. The van der Waals surface area contributed by atoms with Crippen molar-refractivity contribution in [3.8, 4) is 0 Å². The lowest BCUT2D eigenvalue weighted by atomic mass is 9.85. The Labute approximate surface area is 98.4 Å². The number of nitrogens with zero attached hydrogens (tertiary/aromatic N) is 1. The highest BCUT2D eigenvalue weighted by Crippen LogP contribution is 2.27. The van der Waals surface area contributed by atoms with Gasteiger partial charge in [-0.05, 0) is 36.9 Å². The maximum Gasteiger partial charge on any atom is 0.0359 e. The molecule has 0 heterocycles. The molecule has 1 aromatic rings. The lowest BCUT2D eigenvalue weighted by molar-refractivity contribution is 0.178. The van der Waals surface area contributed by atoms with E-state index in [1.165, 1.54) is 31.4 Å². The standard InChI is InChI=1S/C14H22N2/c1-2-16(10-12-6-5-7-12)11-13-8-3-4-9-14(13)15/h3-4,8-9,12H,2,5-7,10-11,15H2,1H3. The minimum atomic E-state index is 0.926. The van der Waals surface area contributed by atoms with Gasteiger partial charge >= 0.3 is 0 Å². The smallest absolute Gasteiger partial charge is 0.0359 e. The summed E-state index contributed by atoms with van der Waals surface area (Å²) in [6.45, 7) is 5.59. The Morgan fingerprint density at radius 3 is 2.62 bits per heavy atom. The SMILES string of the molecule is CCN(Cc1ccccc1N)CC1CCC1. The Balaban J connectivity index is 1.92. The van der Waals surface area contributed by atoms with Gasteiger partial charge in [0.2, 0.25) is 0 Å². The summed E-state index contributed by atoms with van der Waals surface area (Å²) in [7, 11) is 0. The molecule has 0 unspecified atom stereocenters. The number of anilines is 1. The van der Waals surface area contributed by atoms with Crippen molar-refractivity contribution < 1.29 is 0 Å². The summed E-state index contributed by atoms with van der Waals surface area (Å²) in [5.41, 5.74) is 8.17. The predicted molar refractivity (Wildman–Crippen MR) is 69.1 cm³/mol. The molecule has 0 saturated heterocycles. The Bertz CT molecular complexity index is 331. The molecule has 0 atom stereocenters. The van der Waals surface area contributed by atoms with E-state index in [0.717, 1.165) is 24.7 Å². The van der Waals surface area contributed by atoms with Gasteiger partial charge < -0.3 is 5.73 Å². The van der Waals surface area contributed by atoms with E-state index >= 15 is 0 Å². The Morgan fingerprint density at radius 2 is 2.06 bits per heavy atom. The van der Waals surface area contributed by atoms with E-state index in [1.807, 2.05) is 12.1 Å². The van der Waals surface area contributed by atoms with Crippen molar-refractivity contribution in [1.29, 1.82) is 0 Å². The van der Waals surface area contributed by atoms with E-state index in [9.17, 15) is 0 Å². The zero-order valence-electron chi connectivity index (χ0n) is 10.2. The average Bonchev–Trinajstić information content (AvgIpc) is 2.24. The fraction of sp³-hybridized carbons (Fsp3) is 0.571. The average molecular weight is 218 g/mol. The third-order valence-electron chi connectivity index (χ3n) is 3.64. The molecular formula is C14H22N2. The van der Waals surface area contributed by atoms with Crippen molar-refractivity contribution in [1.82, 2.24) is 4.90 Å². The van der Waals surface area contributed by atoms with Crippen LogP contribution in [0.1, 0.15) is 31.7 Å². The van der Waals surface area contributed by atoms with Crippen LogP contribution in [0.2, 0.25) is 0 Å². The van der Waals surface area contributed by atoms with E-state index in [1.54, 1.807) is 0 Å². The summed E-state index contributed by atoms with van der Waals surface area (Å²) in [6, 6.07) is 8.20. The van der Waals surface area contributed by atoms with E-state index in [4.69, 9.17) is 5.73 Å². The van der Waals surface area contributed by atoms with Crippen LogP contribution in [0.4, 0.5) is 5.69 Å². The van der Waals surface area contributed by atoms with Crippen molar-refractivity contribution >= 4 is 5.69 Å². The Morgan fingerprint density at radius 1 is 1.31 bits per heavy atom. The van der Waals surface area contributed by atoms with Crippen molar-refractivity contribution in [2.75, 3.05) is 18.8 Å². The number of para-hydroxylation sites is 1. The van der Waals surface area contributed by atoms with Gasteiger partial charge in [-0.3, -0.25) is 4.90 Å². The van der Waals surface area contributed by atoms with Crippen LogP contribution in [0, 0.1) is 5.92 Å². The second-order valence-electron chi connectivity index (χ2n) is 4.82. The van der Waals surface area contributed by atoms with Crippen LogP contribution in [0.3, 0.4) is 0 Å². The quantitative estimate of drug-likeness (QED) is 0.770. The first-order valence-corrected chi connectivity index (χ1v) is 6.35.